The van der Waals surface area contributed by atoms with E-state index in [0.29, 0.717) is 0 Å². The van der Waals surface area contributed by atoms with Gasteiger partial charge in [0.05, 0.1) is 0 Å². The topological polar surface area (TPSA) is 13.1 Å². The van der Waals surface area contributed by atoms with Crippen LogP contribution in [-0.4, -0.2) is 0 Å². The van der Waals surface area contributed by atoms with Gasteiger partial charge in [0.25, 0.3) is 0 Å². The van der Waals surface area contributed by atoms with Crippen LogP contribution in [0.5, 0.6) is 0 Å². The number of benzene rings is 11. The highest BCUT2D eigenvalue weighted by Gasteiger charge is 2.14. The second-order valence-electron chi connectivity index (χ2n) is 14.1. The van der Waals surface area contributed by atoms with Crippen LogP contribution in [0.25, 0.3) is 120 Å². The molecule has 0 spiro atoms. The molecule has 11 aromatic carbocycles. The van der Waals surface area contributed by atoms with E-state index in [9.17, 15) is 0 Å². The summed E-state index contributed by atoms with van der Waals surface area (Å²) in [4.78, 5) is 0. The summed E-state index contributed by atoms with van der Waals surface area (Å²) in [6.07, 6.45) is 0. The van der Waals surface area contributed by atoms with E-state index in [1.807, 2.05) is 0 Å². The summed E-state index contributed by atoms with van der Waals surface area (Å²) >= 11 is 0. The average molecular weight is 645 g/mol. The Balaban J connectivity index is 0.901. The molecule has 0 unspecified atom stereocenters. The summed E-state index contributed by atoms with van der Waals surface area (Å²) in [6, 6.07) is 62.7. The largest absolute Gasteiger partial charge is 0.456 e. The molecule has 0 saturated carbocycles. The minimum absolute atomic E-state index is 0.909. The van der Waals surface area contributed by atoms with Crippen LogP contribution < -0.4 is 0 Å². The van der Waals surface area contributed by atoms with E-state index in [2.05, 4.69) is 170 Å². The second kappa shape index (κ2) is 9.94. The maximum Gasteiger partial charge on any atom is 0.136 e. The molecule has 1 heterocycles. The first kappa shape index (κ1) is 27.2. The van der Waals surface area contributed by atoms with E-state index in [-0.39, 0.29) is 0 Å². The molecule has 1 aromatic heterocycles. The third-order valence-corrected chi connectivity index (χ3v) is 11.3. The molecular weight excluding hydrogens is 617 g/mol. The molecule has 0 bridgehead atoms. The van der Waals surface area contributed by atoms with E-state index >= 15 is 0 Å². The summed E-state index contributed by atoms with van der Waals surface area (Å²) in [5, 5.41) is 18.0. The van der Waals surface area contributed by atoms with Crippen molar-refractivity contribution in [3.63, 3.8) is 0 Å². The van der Waals surface area contributed by atoms with Crippen molar-refractivity contribution in [3.8, 4) is 33.4 Å². The zero-order chi connectivity index (χ0) is 33.2. The monoisotopic (exact) mass is 644 g/mol. The molecule has 0 aliphatic carbocycles. The Bertz CT molecular complexity index is 3220. The highest BCUT2D eigenvalue weighted by atomic mass is 16.3. The van der Waals surface area contributed by atoms with E-state index in [1.54, 1.807) is 0 Å². The van der Waals surface area contributed by atoms with Gasteiger partial charge >= 0.3 is 0 Å². The van der Waals surface area contributed by atoms with Gasteiger partial charge in [-0.15, -0.1) is 0 Å². The summed E-state index contributed by atoms with van der Waals surface area (Å²) in [6.45, 7) is 0. The predicted molar refractivity (Wildman–Crippen MR) is 217 cm³/mol. The van der Waals surface area contributed by atoms with Crippen LogP contribution >= 0.6 is 0 Å². The number of furan rings is 1. The smallest absolute Gasteiger partial charge is 0.136 e. The fourth-order valence-corrected chi connectivity index (χ4v) is 8.83. The fraction of sp³-hybridized carbons (Fsp3) is 0. The Hall–Kier alpha value is -6.70. The molecule has 1 heteroatoms. The van der Waals surface area contributed by atoms with E-state index in [1.165, 1.54) is 86.9 Å². The fourth-order valence-electron chi connectivity index (χ4n) is 8.83. The lowest BCUT2D eigenvalue weighted by Gasteiger charge is -2.13. The Morgan fingerprint density at radius 3 is 0.980 bits per heavy atom. The van der Waals surface area contributed by atoms with Gasteiger partial charge < -0.3 is 4.42 Å². The molecule has 51 heavy (non-hydrogen) atoms. The van der Waals surface area contributed by atoms with Crippen molar-refractivity contribution in [2.24, 2.45) is 0 Å². The van der Waals surface area contributed by atoms with Gasteiger partial charge in [-0.25, -0.2) is 0 Å². The van der Waals surface area contributed by atoms with Crippen LogP contribution in [0.3, 0.4) is 0 Å². The van der Waals surface area contributed by atoms with Gasteiger partial charge in [-0.1, -0.05) is 121 Å². The first-order chi connectivity index (χ1) is 25.2. The molecule has 0 aliphatic rings. The number of fused-ring (bicyclic) bond motifs is 3. The maximum absolute atomic E-state index is 6.56. The van der Waals surface area contributed by atoms with Crippen molar-refractivity contribution >= 4 is 86.6 Å². The van der Waals surface area contributed by atoms with Gasteiger partial charge in [-0.05, 0) is 147 Å². The van der Waals surface area contributed by atoms with E-state index < -0.39 is 0 Å². The summed E-state index contributed by atoms with van der Waals surface area (Å²) in [5.41, 5.74) is 8.96. The Morgan fingerprint density at radius 2 is 0.549 bits per heavy atom. The van der Waals surface area contributed by atoms with Gasteiger partial charge in [-0.3, -0.25) is 0 Å². The van der Waals surface area contributed by atoms with Gasteiger partial charge in [0.1, 0.15) is 11.2 Å². The summed E-state index contributed by atoms with van der Waals surface area (Å²) in [7, 11) is 0. The summed E-state index contributed by atoms with van der Waals surface area (Å²) < 4.78 is 6.56. The highest BCUT2D eigenvalue weighted by molar-refractivity contribution is 6.25. The van der Waals surface area contributed by atoms with Crippen LogP contribution in [0.2, 0.25) is 0 Å². The maximum atomic E-state index is 6.56. The Kier molecular flexibility index (Phi) is 5.29. The normalized spacial score (nSPS) is 12.3. The van der Waals surface area contributed by atoms with Crippen LogP contribution in [0.1, 0.15) is 0 Å². The van der Waals surface area contributed by atoms with Crippen LogP contribution in [0, 0.1) is 0 Å². The quantitative estimate of drug-likeness (QED) is 0.174. The molecule has 12 rings (SSSR count). The molecule has 0 fully saturated rings. The minimum Gasteiger partial charge on any atom is -0.456 e. The molecule has 0 saturated heterocycles. The van der Waals surface area contributed by atoms with Gasteiger partial charge in [0, 0.05) is 10.8 Å². The molecule has 0 radical (unpaired) electrons. The first-order valence-corrected chi connectivity index (χ1v) is 17.6. The molecule has 1 nitrogen and oxygen atoms in total. The molecule has 234 valence electrons. The van der Waals surface area contributed by atoms with Crippen LogP contribution in [-0.2, 0) is 0 Å². The molecule has 12 aromatic rings. The lowest BCUT2D eigenvalue weighted by molar-refractivity contribution is 0.669. The van der Waals surface area contributed by atoms with Crippen molar-refractivity contribution in [2.75, 3.05) is 0 Å². The molecule has 0 amide bonds. The molecular formula is C50H28O. The van der Waals surface area contributed by atoms with E-state index in [4.69, 9.17) is 4.42 Å². The lowest BCUT2D eigenvalue weighted by atomic mass is 9.91. The van der Waals surface area contributed by atoms with Crippen molar-refractivity contribution in [1.82, 2.24) is 0 Å². The van der Waals surface area contributed by atoms with Gasteiger partial charge in [0.2, 0.25) is 0 Å². The molecule has 0 N–H and O–H groups in total. The third kappa shape index (κ3) is 3.92. The molecule has 0 atom stereocenters. The standard InChI is InChI=1S/C50H28O/c1-3-31-11-15-37-23-41(24-38-16-12-32(4-1)47(31)49(37)38)30-9-7-29(8-10-30)35-19-21-43-44-22-20-36(28-46(44)51-45(43)27-35)42-25-39-17-13-33-5-2-6-34-14-18-40(26-42)50(39)48(33)34/h1-28H. The molecule has 0 aliphatic heterocycles. The number of rotatable bonds is 3. The van der Waals surface area contributed by atoms with Crippen molar-refractivity contribution < 1.29 is 4.42 Å². The minimum atomic E-state index is 0.909. The summed E-state index contributed by atoms with van der Waals surface area (Å²) in [5.74, 6) is 0. The van der Waals surface area contributed by atoms with Crippen molar-refractivity contribution in [3.05, 3.63) is 170 Å². The van der Waals surface area contributed by atoms with E-state index in [0.717, 1.165) is 33.1 Å². The SMILES string of the molecule is c1cc2ccc3cc(-c4ccc(-c5ccc6c(c5)oc5cc(-c7cc8ccc9cccc%10ccc(c7)c8c9%10)ccc56)cc4)cc4ccc(c1)c2c34. The number of hydrogen-bond donors (Lipinski definition) is 0. The van der Waals surface area contributed by atoms with Gasteiger partial charge in [-0.2, -0.15) is 0 Å². The first-order valence-electron chi connectivity index (χ1n) is 17.6. The number of hydrogen-bond acceptors (Lipinski definition) is 1. The highest BCUT2D eigenvalue weighted by Crippen LogP contribution is 2.41. The van der Waals surface area contributed by atoms with Gasteiger partial charge in [0.15, 0.2) is 0 Å². The average Bonchev–Trinajstić information content (AvgIpc) is 3.56. The second-order valence-corrected chi connectivity index (χ2v) is 14.1. The van der Waals surface area contributed by atoms with Crippen molar-refractivity contribution in [1.29, 1.82) is 0 Å². The predicted octanol–water partition coefficient (Wildman–Crippen LogP) is 14.4. The zero-order valence-corrected chi connectivity index (χ0v) is 27.6. The Labute approximate surface area is 293 Å². The third-order valence-electron chi connectivity index (χ3n) is 11.3. The lowest BCUT2D eigenvalue weighted by Crippen LogP contribution is -1.86. The van der Waals surface area contributed by atoms with Crippen molar-refractivity contribution in [2.45, 2.75) is 0 Å². The van der Waals surface area contributed by atoms with Crippen LogP contribution in [0.4, 0.5) is 0 Å². The Morgan fingerprint density at radius 1 is 0.235 bits per heavy atom. The zero-order valence-electron chi connectivity index (χ0n) is 27.6. The van der Waals surface area contributed by atoms with Crippen LogP contribution in [0.15, 0.2) is 174 Å².